The number of rotatable bonds is 5. The highest BCUT2D eigenvalue weighted by Crippen LogP contribution is 2.25. The van der Waals surface area contributed by atoms with Gasteiger partial charge >= 0.3 is 0 Å². The van der Waals surface area contributed by atoms with E-state index in [0.29, 0.717) is 5.92 Å². The van der Waals surface area contributed by atoms with Crippen LogP contribution in [0.2, 0.25) is 5.02 Å². The second kappa shape index (κ2) is 9.82. The van der Waals surface area contributed by atoms with Crippen molar-refractivity contribution in [3.8, 4) is 0 Å². The molecule has 136 valence electrons. The molecule has 0 amide bonds. The van der Waals surface area contributed by atoms with Crippen molar-refractivity contribution >= 4 is 41.5 Å². The van der Waals surface area contributed by atoms with Gasteiger partial charge in [0.2, 0.25) is 0 Å². The normalized spacial score (nSPS) is 18.5. The lowest BCUT2D eigenvalue weighted by Crippen LogP contribution is -2.45. The first-order chi connectivity index (χ1) is 11.0. The summed E-state index contributed by atoms with van der Waals surface area (Å²) in [5.41, 5.74) is 1.21. The molecule has 0 bridgehead atoms. The molecular formula is C18H29ClIN3O. The molecular weight excluding hydrogens is 437 g/mol. The first-order valence-corrected chi connectivity index (χ1v) is 8.54. The smallest absolute Gasteiger partial charge is 0.193 e. The van der Waals surface area contributed by atoms with Crippen molar-refractivity contribution < 1.29 is 4.74 Å². The summed E-state index contributed by atoms with van der Waals surface area (Å²) in [6.45, 7) is 8.11. The average molecular weight is 466 g/mol. The minimum atomic E-state index is -0.0213. The highest BCUT2D eigenvalue weighted by molar-refractivity contribution is 14.0. The highest BCUT2D eigenvalue weighted by atomic mass is 127. The number of likely N-dealkylation sites (tertiary alicyclic amines) is 1. The van der Waals surface area contributed by atoms with Gasteiger partial charge in [-0.25, -0.2) is 0 Å². The van der Waals surface area contributed by atoms with Crippen molar-refractivity contribution in [2.45, 2.75) is 25.7 Å². The third-order valence-electron chi connectivity index (χ3n) is 4.49. The maximum atomic E-state index is 6.13. The van der Waals surface area contributed by atoms with Gasteiger partial charge in [0, 0.05) is 50.1 Å². The van der Waals surface area contributed by atoms with E-state index in [0.717, 1.165) is 43.6 Å². The number of ether oxygens (including phenoxy) is 1. The van der Waals surface area contributed by atoms with Crippen LogP contribution < -0.4 is 5.32 Å². The first-order valence-electron chi connectivity index (χ1n) is 8.17. The average Bonchev–Trinajstić information content (AvgIpc) is 2.97. The lowest BCUT2D eigenvalue weighted by molar-refractivity contribution is 0.157. The Bertz CT molecular complexity index is 551. The quantitative estimate of drug-likeness (QED) is 0.408. The van der Waals surface area contributed by atoms with Gasteiger partial charge in [-0.3, -0.25) is 4.99 Å². The molecule has 24 heavy (non-hydrogen) atoms. The molecule has 1 aliphatic rings. The number of methoxy groups -OCH3 is 1. The second-order valence-corrected chi connectivity index (χ2v) is 7.29. The van der Waals surface area contributed by atoms with E-state index in [9.17, 15) is 0 Å². The third-order valence-corrected chi connectivity index (χ3v) is 4.73. The number of hydrogen-bond donors (Lipinski definition) is 1. The fraction of sp³-hybridized carbons (Fsp3) is 0.611. The van der Waals surface area contributed by atoms with Gasteiger partial charge < -0.3 is 15.0 Å². The van der Waals surface area contributed by atoms with Crippen LogP contribution in [0.15, 0.2) is 29.3 Å². The number of nitrogens with one attached hydrogen (secondary N) is 1. The van der Waals surface area contributed by atoms with Gasteiger partial charge in [-0.1, -0.05) is 37.6 Å². The Morgan fingerprint density at radius 2 is 2.21 bits per heavy atom. The molecule has 1 aromatic rings. The molecule has 1 heterocycles. The lowest BCUT2D eigenvalue weighted by Gasteiger charge is -2.29. The fourth-order valence-electron chi connectivity index (χ4n) is 3.04. The summed E-state index contributed by atoms with van der Waals surface area (Å²) in [7, 11) is 3.61. The zero-order valence-electron chi connectivity index (χ0n) is 15.0. The molecule has 1 N–H and O–H groups in total. The monoisotopic (exact) mass is 465 g/mol. The van der Waals surface area contributed by atoms with Crippen molar-refractivity contribution in [2.75, 3.05) is 40.4 Å². The molecule has 0 radical (unpaired) electrons. The van der Waals surface area contributed by atoms with Crippen LogP contribution in [-0.4, -0.2) is 51.3 Å². The Balaban J connectivity index is 0.00000288. The summed E-state index contributed by atoms with van der Waals surface area (Å²) in [4.78, 5) is 6.76. The molecule has 0 spiro atoms. The zero-order chi connectivity index (χ0) is 16.9. The van der Waals surface area contributed by atoms with E-state index in [1.54, 1.807) is 7.11 Å². The third kappa shape index (κ3) is 5.77. The van der Waals surface area contributed by atoms with E-state index in [-0.39, 0.29) is 29.4 Å². The van der Waals surface area contributed by atoms with Gasteiger partial charge in [-0.2, -0.15) is 0 Å². The standard InChI is InChI=1S/C18H28ClN3O.HI/c1-18(2,15-6-5-7-16(19)10-15)13-21-17(20-3)22-9-8-14(11-22)12-23-4;/h5-7,10,14H,8-9,11-13H2,1-4H3,(H,20,21);1H. The zero-order valence-corrected chi connectivity index (χ0v) is 18.1. The lowest BCUT2D eigenvalue weighted by atomic mass is 9.84. The molecule has 4 nitrogen and oxygen atoms in total. The van der Waals surface area contributed by atoms with Crippen LogP contribution in [0, 0.1) is 5.92 Å². The second-order valence-electron chi connectivity index (χ2n) is 6.85. The molecule has 1 aromatic carbocycles. The molecule has 1 fully saturated rings. The molecule has 6 heteroatoms. The Morgan fingerprint density at radius 3 is 2.83 bits per heavy atom. The Hall–Kier alpha value is -0.530. The fourth-order valence-corrected chi connectivity index (χ4v) is 3.23. The summed E-state index contributed by atoms with van der Waals surface area (Å²) in [6.07, 6.45) is 1.16. The molecule has 1 saturated heterocycles. The van der Waals surface area contributed by atoms with Crippen LogP contribution in [0.3, 0.4) is 0 Å². The number of aliphatic imine (C=N–C) groups is 1. The predicted octanol–water partition coefficient (Wildman–Crippen LogP) is 3.78. The van der Waals surface area contributed by atoms with Crippen LogP contribution >= 0.6 is 35.6 Å². The number of guanidine groups is 1. The Kier molecular flexibility index (Phi) is 8.81. The number of hydrogen-bond acceptors (Lipinski definition) is 2. The van der Waals surface area contributed by atoms with E-state index in [4.69, 9.17) is 16.3 Å². The van der Waals surface area contributed by atoms with Crippen molar-refractivity contribution in [1.29, 1.82) is 0 Å². The van der Waals surface area contributed by atoms with E-state index in [1.807, 2.05) is 25.2 Å². The summed E-state index contributed by atoms with van der Waals surface area (Å²) in [6, 6.07) is 8.08. The van der Waals surface area contributed by atoms with Gasteiger partial charge in [0.05, 0.1) is 6.61 Å². The Morgan fingerprint density at radius 1 is 1.46 bits per heavy atom. The Labute approximate surface area is 168 Å². The minimum absolute atomic E-state index is 0. The largest absolute Gasteiger partial charge is 0.384 e. The van der Waals surface area contributed by atoms with Crippen molar-refractivity contribution in [2.24, 2.45) is 10.9 Å². The summed E-state index contributed by atoms with van der Waals surface area (Å²) >= 11 is 6.13. The SMILES string of the molecule is CN=C(NCC(C)(C)c1cccc(Cl)c1)N1CCC(COC)C1.I. The van der Waals surface area contributed by atoms with E-state index in [2.05, 4.69) is 35.1 Å². The molecule has 1 aliphatic heterocycles. The van der Waals surface area contributed by atoms with Crippen molar-refractivity contribution in [3.05, 3.63) is 34.9 Å². The van der Waals surface area contributed by atoms with Crippen LogP contribution in [0.4, 0.5) is 0 Å². The van der Waals surface area contributed by atoms with Crippen LogP contribution in [0.1, 0.15) is 25.8 Å². The molecule has 0 saturated carbocycles. The number of nitrogens with zero attached hydrogens (tertiary/aromatic N) is 2. The summed E-state index contributed by atoms with van der Waals surface area (Å²) < 4.78 is 5.27. The predicted molar refractivity (Wildman–Crippen MR) is 113 cm³/mol. The topological polar surface area (TPSA) is 36.9 Å². The van der Waals surface area contributed by atoms with Crippen molar-refractivity contribution in [1.82, 2.24) is 10.2 Å². The van der Waals surface area contributed by atoms with Gasteiger partial charge in [0.25, 0.3) is 0 Å². The molecule has 1 unspecified atom stereocenters. The van der Waals surface area contributed by atoms with Crippen LogP contribution in [0.5, 0.6) is 0 Å². The molecule has 2 rings (SSSR count). The van der Waals surface area contributed by atoms with Gasteiger partial charge in [0.1, 0.15) is 0 Å². The van der Waals surface area contributed by atoms with Gasteiger partial charge in [-0.15, -0.1) is 24.0 Å². The highest BCUT2D eigenvalue weighted by Gasteiger charge is 2.27. The summed E-state index contributed by atoms with van der Waals surface area (Å²) in [5.74, 6) is 1.57. The maximum Gasteiger partial charge on any atom is 0.193 e. The maximum absolute atomic E-state index is 6.13. The van der Waals surface area contributed by atoms with Gasteiger partial charge in [-0.05, 0) is 24.1 Å². The van der Waals surface area contributed by atoms with E-state index in [1.165, 1.54) is 5.56 Å². The molecule has 1 atom stereocenters. The first kappa shape index (κ1) is 21.5. The van der Waals surface area contributed by atoms with Crippen LogP contribution in [-0.2, 0) is 10.2 Å². The molecule has 0 aromatic heterocycles. The number of halogens is 2. The van der Waals surface area contributed by atoms with Crippen LogP contribution in [0.25, 0.3) is 0 Å². The number of benzene rings is 1. The van der Waals surface area contributed by atoms with Crippen molar-refractivity contribution in [3.63, 3.8) is 0 Å². The summed E-state index contributed by atoms with van der Waals surface area (Å²) in [5, 5.41) is 4.30. The van der Waals surface area contributed by atoms with Gasteiger partial charge in [0.15, 0.2) is 5.96 Å². The van der Waals surface area contributed by atoms with E-state index >= 15 is 0 Å². The van der Waals surface area contributed by atoms with E-state index < -0.39 is 0 Å². The molecule has 0 aliphatic carbocycles. The minimum Gasteiger partial charge on any atom is -0.384 e.